The van der Waals surface area contributed by atoms with Crippen molar-refractivity contribution in [1.82, 2.24) is 24.7 Å². The molecule has 8 nitrogen and oxygen atoms in total. The van der Waals surface area contributed by atoms with Gasteiger partial charge in [0.25, 0.3) is 0 Å². The molecule has 0 radical (unpaired) electrons. The van der Waals surface area contributed by atoms with E-state index in [1.165, 1.54) is 15.9 Å². The SMILES string of the molecule is CCc1ccc(S(=O)(=O)c2nnn3c2nc(NCCN(C)C)c2sccc23)cc1. The molecule has 0 unspecified atom stereocenters. The molecule has 29 heavy (non-hydrogen) atoms. The first-order chi connectivity index (χ1) is 13.9. The second-order valence-electron chi connectivity index (χ2n) is 6.96. The minimum Gasteiger partial charge on any atom is -0.367 e. The maximum atomic E-state index is 13.2. The fourth-order valence-corrected chi connectivity index (χ4v) is 5.10. The van der Waals surface area contributed by atoms with E-state index in [1.807, 2.05) is 44.6 Å². The lowest BCUT2D eigenvalue weighted by atomic mass is 10.2. The Morgan fingerprint density at radius 1 is 1.17 bits per heavy atom. The molecule has 3 aromatic heterocycles. The quantitative estimate of drug-likeness (QED) is 0.482. The fraction of sp³-hybridized carbons (Fsp3) is 0.316. The number of aryl methyl sites for hydroxylation is 1. The Morgan fingerprint density at radius 3 is 2.62 bits per heavy atom. The van der Waals surface area contributed by atoms with Gasteiger partial charge in [-0.15, -0.1) is 16.4 Å². The molecule has 0 aliphatic heterocycles. The smallest absolute Gasteiger partial charge is 0.229 e. The summed E-state index contributed by atoms with van der Waals surface area (Å²) in [5.74, 6) is 0.643. The molecule has 4 rings (SSSR count). The number of sulfone groups is 1. The van der Waals surface area contributed by atoms with Crippen LogP contribution in [0.3, 0.4) is 0 Å². The van der Waals surface area contributed by atoms with Gasteiger partial charge in [0, 0.05) is 13.1 Å². The van der Waals surface area contributed by atoms with Gasteiger partial charge in [-0.05, 0) is 49.7 Å². The van der Waals surface area contributed by atoms with E-state index in [4.69, 9.17) is 0 Å². The van der Waals surface area contributed by atoms with Crippen molar-refractivity contribution in [2.45, 2.75) is 23.3 Å². The summed E-state index contributed by atoms with van der Waals surface area (Å²) in [6.45, 7) is 3.54. The first-order valence-electron chi connectivity index (χ1n) is 9.27. The summed E-state index contributed by atoms with van der Waals surface area (Å²) in [6, 6.07) is 8.75. The highest BCUT2D eigenvalue weighted by atomic mass is 32.2. The topological polar surface area (TPSA) is 92.5 Å². The van der Waals surface area contributed by atoms with Crippen molar-refractivity contribution >= 4 is 42.9 Å². The van der Waals surface area contributed by atoms with Crippen molar-refractivity contribution in [3.05, 3.63) is 41.3 Å². The predicted molar refractivity (Wildman–Crippen MR) is 114 cm³/mol. The number of hydrogen-bond acceptors (Lipinski definition) is 8. The van der Waals surface area contributed by atoms with Crippen molar-refractivity contribution in [2.24, 2.45) is 0 Å². The standard InChI is InChI=1S/C19H22N6O2S2/c1-4-13-5-7-14(8-6-13)29(26,27)19-18-21-17(20-10-11-24(2)3)16-15(9-12-28-16)25(18)23-22-19/h5-9,12H,4,10-11H2,1-3H3,(H,20,21). The van der Waals surface area contributed by atoms with E-state index >= 15 is 0 Å². The summed E-state index contributed by atoms with van der Waals surface area (Å²) in [4.78, 5) is 6.85. The van der Waals surface area contributed by atoms with E-state index in [-0.39, 0.29) is 15.6 Å². The summed E-state index contributed by atoms with van der Waals surface area (Å²) in [6.07, 6.45) is 0.842. The molecule has 0 fully saturated rings. The zero-order valence-electron chi connectivity index (χ0n) is 16.5. The molecule has 4 aromatic rings. The van der Waals surface area contributed by atoms with E-state index in [0.29, 0.717) is 12.4 Å². The molecule has 0 bridgehead atoms. The summed E-state index contributed by atoms with van der Waals surface area (Å²) in [5, 5.41) is 13.2. The van der Waals surface area contributed by atoms with E-state index in [1.54, 1.807) is 12.1 Å². The molecule has 1 aromatic carbocycles. The largest absolute Gasteiger partial charge is 0.367 e. The van der Waals surface area contributed by atoms with E-state index in [0.717, 1.165) is 28.7 Å². The van der Waals surface area contributed by atoms with Gasteiger partial charge in [-0.1, -0.05) is 24.3 Å². The highest BCUT2D eigenvalue weighted by Crippen LogP contribution is 2.31. The fourth-order valence-electron chi connectivity index (χ4n) is 3.03. The molecule has 152 valence electrons. The Bertz CT molecular complexity index is 1260. The maximum absolute atomic E-state index is 13.2. The Hall–Kier alpha value is -2.56. The number of likely N-dealkylation sites (N-methyl/N-ethyl adjacent to an activating group) is 1. The van der Waals surface area contributed by atoms with Crippen molar-refractivity contribution in [3.63, 3.8) is 0 Å². The van der Waals surface area contributed by atoms with Gasteiger partial charge in [0.1, 0.15) is 5.82 Å². The highest BCUT2D eigenvalue weighted by molar-refractivity contribution is 7.91. The van der Waals surface area contributed by atoms with Gasteiger partial charge < -0.3 is 10.2 Å². The van der Waals surface area contributed by atoms with Crippen LogP contribution >= 0.6 is 11.3 Å². The Labute approximate surface area is 173 Å². The monoisotopic (exact) mass is 430 g/mol. The van der Waals surface area contributed by atoms with Crippen LogP contribution in [0.1, 0.15) is 12.5 Å². The number of aromatic nitrogens is 4. The summed E-state index contributed by atoms with van der Waals surface area (Å²) >= 11 is 1.53. The van der Waals surface area contributed by atoms with Crippen LogP contribution in [0.4, 0.5) is 5.82 Å². The first-order valence-corrected chi connectivity index (χ1v) is 11.6. The average Bonchev–Trinajstić information content (AvgIpc) is 3.34. The van der Waals surface area contributed by atoms with Crippen LogP contribution in [0, 0.1) is 0 Å². The molecule has 0 aliphatic rings. The summed E-state index contributed by atoms with van der Waals surface area (Å²) in [5.41, 5.74) is 2.08. The third-order valence-corrected chi connectivity index (χ3v) is 7.25. The number of hydrogen-bond donors (Lipinski definition) is 1. The van der Waals surface area contributed by atoms with E-state index < -0.39 is 9.84 Å². The van der Waals surface area contributed by atoms with Crippen LogP contribution in [0.5, 0.6) is 0 Å². The minimum atomic E-state index is -3.84. The summed E-state index contributed by atoms with van der Waals surface area (Å²) in [7, 11) is 0.150. The van der Waals surface area contributed by atoms with Crippen LogP contribution < -0.4 is 5.32 Å². The van der Waals surface area contributed by atoms with Crippen LogP contribution in [-0.4, -0.2) is 60.3 Å². The first kappa shape index (κ1) is 19.7. The number of rotatable bonds is 7. The molecule has 0 spiro atoms. The van der Waals surface area contributed by atoms with Crippen LogP contribution in [0.15, 0.2) is 45.6 Å². The normalized spacial score (nSPS) is 12.3. The molecule has 10 heteroatoms. The molecule has 0 saturated heterocycles. The predicted octanol–water partition coefficient (Wildman–Crippen LogP) is 2.71. The Morgan fingerprint density at radius 2 is 1.93 bits per heavy atom. The van der Waals surface area contributed by atoms with Gasteiger partial charge in [-0.3, -0.25) is 0 Å². The Balaban J connectivity index is 1.83. The minimum absolute atomic E-state index is 0.134. The lowest BCUT2D eigenvalue weighted by Gasteiger charge is -2.11. The van der Waals surface area contributed by atoms with Gasteiger partial charge >= 0.3 is 0 Å². The lowest BCUT2D eigenvalue weighted by molar-refractivity contribution is 0.425. The molecule has 1 N–H and O–H groups in total. The average molecular weight is 431 g/mol. The lowest BCUT2D eigenvalue weighted by Crippen LogP contribution is -2.21. The van der Waals surface area contributed by atoms with Gasteiger partial charge in [-0.2, -0.15) is 4.52 Å². The third kappa shape index (κ3) is 3.59. The van der Waals surface area contributed by atoms with Crippen LogP contribution in [0.25, 0.3) is 15.9 Å². The van der Waals surface area contributed by atoms with Crippen LogP contribution in [-0.2, 0) is 16.3 Å². The second-order valence-corrected chi connectivity index (χ2v) is 9.74. The molecule has 0 aliphatic carbocycles. The van der Waals surface area contributed by atoms with E-state index in [9.17, 15) is 8.42 Å². The Kier molecular flexibility index (Phi) is 5.24. The maximum Gasteiger partial charge on any atom is 0.229 e. The third-order valence-electron chi connectivity index (χ3n) is 4.67. The molecule has 3 heterocycles. The number of anilines is 1. The number of nitrogens with one attached hydrogen (secondary N) is 1. The number of nitrogens with zero attached hydrogens (tertiary/aromatic N) is 5. The number of thiophene rings is 1. The molecular formula is C19H22N6O2S2. The zero-order valence-corrected chi connectivity index (χ0v) is 18.1. The molecule has 0 atom stereocenters. The van der Waals surface area contributed by atoms with Crippen LogP contribution in [0.2, 0.25) is 0 Å². The molecule has 0 amide bonds. The van der Waals surface area contributed by atoms with Crippen molar-refractivity contribution in [2.75, 3.05) is 32.5 Å². The summed E-state index contributed by atoms with van der Waals surface area (Å²) < 4.78 is 28.8. The molecular weight excluding hydrogens is 408 g/mol. The van der Waals surface area contributed by atoms with E-state index in [2.05, 4.69) is 25.5 Å². The van der Waals surface area contributed by atoms with Gasteiger partial charge in [-0.25, -0.2) is 13.4 Å². The van der Waals surface area contributed by atoms with Gasteiger partial charge in [0.05, 0.1) is 15.1 Å². The van der Waals surface area contributed by atoms with Gasteiger partial charge in [0.2, 0.25) is 14.9 Å². The highest BCUT2D eigenvalue weighted by Gasteiger charge is 2.27. The van der Waals surface area contributed by atoms with Gasteiger partial charge in [0.15, 0.2) is 5.65 Å². The van der Waals surface area contributed by atoms with Crippen molar-refractivity contribution in [3.8, 4) is 0 Å². The molecule has 0 saturated carbocycles. The number of fused-ring (bicyclic) bond motifs is 3. The van der Waals surface area contributed by atoms with Crippen molar-refractivity contribution < 1.29 is 8.42 Å². The number of benzene rings is 1. The zero-order chi connectivity index (χ0) is 20.6. The second kappa shape index (κ2) is 7.69. The van der Waals surface area contributed by atoms with Crippen molar-refractivity contribution in [1.29, 1.82) is 0 Å².